The fourth-order valence-electron chi connectivity index (χ4n) is 5.34. The van der Waals surface area contributed by atoms with Gasteiger partial charge in [-0.25, -0.2) is 9.59 Å². The second-order valence-electron chi connectivity index (χ2n) is 9.02. The highest BCUT2D eigenvalue weighted by Gasteiger charge is 2.63. The third-order valence-electron chi connectivity index (χ3n) is 7.07. The molecule has 0 unspecified atom stereocenters. The molecule has 0 spiro atoms. The van der Waals surface area contributed by atoms with Crippen molar-refractivity contribution in [3.05, 3.63) is 23.8 Å². The lowest BCUT2D eigenvalue weighted by atomic mass is 9.78. The standard InChI is InChI=1S/C22H26O9/c1-8-6-13-17-12(20(25)29-13)7-14(16-9(2)19(24)31-18(16)15(8)17)30-21(26)22(5,27)10(3)28-11(4)23/h6,10,12-18,27H,2,7H2,1,3-5H3/t10-,12+,13+,14+,15-,16+,17+,18+,22+/m0/s1. The van der Waals surface area contributed by atoms with Gasteiger partial charge in [-0.1, -0.05) is 12.2 Å². The van der Waals surface area contributed by atoms with Crippen LogP contribution in [0, 0.1) is 23.7 Å². The molecule has 1 saturated carbocycles. The van der Waals surface area contributed by atoms with Crippen LogP contribution in [0.15, 0.2) is 23.8 Å². The van der Waals surface area contributed by atoms with Crippen molar-refractivity contribution in [2.45, 2.75) is 64.1 Å². The number of ether oxygens (including phenoxy) is 4. The number of aliphatic hydroxyl groups is 1. The zero-order chi connectivity index (χ0) is 22.8. The van der Waals surface area contributed by atoms with E-state index in [-0.39, 0.29) is 29.8 Å². The normalized spacial score (nSPS) is 38.7. The first kappa shape index (κ1) is 21.5. The predicted octanol–water partition coefficient (Wildman–Crippen LogP) is 0.836. The number of esters is 4. The molecule has 0 aromatic heterocycles. The summed E-state index contributed by atoms with van der Waals surface area (Å²) in [5.41, 5.74) is -1.02. The second-order valence-corrected chi connectivity index (χ2v) is 9.02. The monoisotopic (exact) mass is 434 g/mol. The molecule has 0 aromatic carbocycles. The Balaban J connectivity index is 1.66. The zero-order valence-electron chi connectivity index (χ0n) is 17.8. The molecule has 1 N–H and O–H groups in total. The molecule has 2 aliphatic carbocycles. The predicted molar refractivity (Wildman–Crippen MR) is 103 cm³/mol. The quantitative estimate of drug-likeness (QED) is 0.296. The summed E-state index contributed by atoms with van der Waals surface area (Å²) >= 11 is 0. The number of carbonyl (C=O) groups excluding carboxylic acids is 4. The van der Waals surface area contributed by atoms with Crippen LogP contribution >= 0.6 is 0 Å². The third kappa shape index (κ3) is 3.26. The van der Waals surface area contributed by atoms with Crippen LogP contribution in [0.4, 0.5) is 0 Å². The van der Waals surface area contributed by atoms with Gasteiger partial charge in [-0.3, -0.25) is 9.59 Å². The van der Waals surface area contributed by atoms with Crippen LogP contribution in [0.5, 0.6) is 0 Å². The summed E-state index contributed by atoms with van der Waals surface area (Å²) in [6.07, 6.45) is -1.18. The van der Waals surface area contributed by atoms with Gasteiger partial charge in [-0.05, 0) is 33.3 Å². The molecule has 0 bridgehead atoms. The van der Waals surface area contributed by atoms with Crippen molar-refractivity contribution in [1.29, 1.82) is 0 Å². The van der Waals surface area contributed by atoms with Crippen molar-refractivity contribution in [2.24, 2.45) is 23.7 Å². The van der Waals surface area contributed by atoms with Crippen LogP contribution in [0.1, 0.15) is 34.1 Å². The van der Waals surface area contributed by atoms with Gasteiger partial charge >= 0.3 is 23.9 Å². The van der Waals surface area contributed by atoms with Gasteiger partial charge in [-0.2, -0.15) is 0 Å². The molecule has 31 heavy (non-hydrogen) atoms. The van der Waals surface area contributed by atoms with Gasteiger partial charge in [0.25, 0.3) is 0 Å². The summed E-state index contributed by atoms with van der Waals surface area (Å²) in [7, 11) is 0. The molecule has 4 aliphatic rings. The molecule has 2 aliphatic heterocycles. The van der Waals surface area contributed by atoms with Crippen LogP contribution in [-0.2, 0) is 38.1 Å². The molecule has 4 rings (SSSR count). The average molecular weight is 434 g/mol. The fraction of sp³-hybridized carbons (Fsp3) is 0.636. The number of carbonyl (C=O) groups is 4. The summed E-state index contributed by atoms with van der Waals surface area (Å²) in [4.78, 5) is 49.1. The van der Waals surface area contributed by atoms with E-state index >= 15 is 0 Å². The lowest BCUT2D eigenvalue weighted by Crippen LogP contribution is -2.50. The van der Waals surface area contributed by atoms with Crippen molar-refractivity contribution < 1.29 is 43.2 Å². The van der Waals surface area contributed by atoms with E-state index in [2.05, 4.69) is 6.58 Å². The lowest BCUT2D eigenvalue weighted by Gasteiger charge is -2.32. The summed E-state index contributed by atoms with van der Waals surface area (Å²) in [6.45, 7) is 9.46. The molecule has 0 radical (unpaired) electrons. The first-order chi connectivity index (χ1) is 14.4. The Bertz CT molecular complexity index is 901. The summed E-state index contributed by atoms with van der Waals surface area (Å²) in [5.74, 6) is -4.33. The molecule has 9 heteroatoms. The topological polar surface area (TPSA) is 125 Å². The van der Waals surface area contributed by atoms with Crippen molar-refractivity contribution in [1.82, 2.24) is 0 Å². The van der Waals surface area contributed by atoms with Gasteiger partial charge in [0.15, 0.2) is 5.60 Å². The Labute approximate surface area is 179 Å². The molecule has 9 atom stereocenters. The Morgan fingerprint density at radius 1 is 1.29 bits per heavy atom. The number of rotatable bonds is 4. The highest BCUT2D eigenvalue weighted by atomic mass is 16.6. The zero-order valence-corrected chi connectivity index (χ0v) is 17.8. The van der Waals surface area contributed by atoms with Crippen LogP contribution in [-0.4, -0.2) is 59.0 Å². The van der Waals surface area contributed by atoms with E-state index in [0.29, 0.717) is 0 Å². The van der Waals surface area contributed by atoms with E-state index in [4.69, 9.17) is 18.9 Å². The van der Waals surface area contributed by atoms with Crippen LogP contribution in [0.2, 0.25) is 0 Å². The number of hydrogen-bond acceptors (Lipinski definition) is 9. The van der Waals surface area contributed by atoms with Crippen LogP contribution < -0.4 is 0 Å². The maximum atomic E-state index is 12.9. The maximum Gasteiger partial charge on any atom is 0.342 e. The summed E-state index contributed by atoms with van der Waals surface area (Å²) in [5, 5.41) is 10.7. The molecule has 168 valence electrons. The van der Waals surface area contributed by atoms with Gasteiger partial charge < -0.3 is 24.1 Å². The second kappa shape index (κ2) is 7.19. The van der Waals surface area contributed by atoms with Gasteiger partial charge in [0, 0.05) is 24.3 Å². The smallest absolute Gasteiger partial charge is 0.342 e. The minimum atomic E-state index is -2.14. The first-order valence-electron chi connectivity index (χ1n) is 10.3. The van der Waals surface area contributed by atoms with Gasteiger partial charge in [0.05, 0.1) is 11.8 Å². The van der Waals surface area contributed by atoms with E-state index in [9.17, 15) is 24.3 Å². The Kier molecular flexibility index (Phi) is 4.99. The first-order valence-corrected chi connectivity index (χ1v) is 10.3. The summed E-state index contributed by atoms with van der Waals surface area (Å²) in [6, 6.07) is 0. The van der Waals surface area contributed by atoms with Gasteiger partial charge in [0.1, 0.15) is 24.4 Å². The molecule has 3 fully saturated rings. The highest BCUT2D eigenvalue weighted by Crippen LogP contribution is 2.55. The molecule has 2 heterocycles. The van der Waals surface area contributed by atoms with Crippen LogP contribution in [0.3, 0.4) is 0 Å². The molecule has 0 aromatic rings. The Morgan fingerprint density at radius 3 is 2.61 bits per heavy atom. The van der Waals surface area contributed by atoms with E-state index in [0.717, 1.165) is 12.5 Å². The largest absolute Gasteiger partial charge is 0.459 e. The third-order valence-corrected chi connectivity index (χ3v) is 7.07. The minimum absolute atomic E-state index is 0.109. The van der Waals surface area contributed by atoms with Crippen molar-refractivity contribution >= 4 is 23.9 Å². The van der Waals surface area contributed by atoms with Gasteiger partial charge in [0.2, 0.25) is 0 Å². The average Bonchev–Trinajstić information content (AvgIpc) is 3.19. The van der Waals surface area contributed by atoms with E-state index < -0.39 is 59.8 Å². The summed E-state index contributed by atoms with van der Waals surface area (Å²) < 4.78 is 21.8. The van der Waals surface area contributed by atoms with E-state index in [1.54, 1.807) is 0 Å². The molecule has 9 nitrogen and oxygen atoms in total. The lowest BCUT2D eigenvalue weighted by molar-refractivity contribution is -0.189. The van der Waals surface area contributed by atoms with Gasteiger partial charge in [-0.15, -0.1) is 0 Å². The Morgan fingerprint density at radius 2 is 1.97 bits per heavy atom. The highest BCUT2D eigenvalue weighted by molar-refractivity contribution is 5.91. The molecule has 0 amide bonds. The fourth-order valence-corrected chi connectivity index (χ4v) is 5.34. The van der Waals surface area contributed by atoms with E-state index in [1.165, 1.54) is 13.8 Å². The molecule has 2 saturated heterocycles. The Hall–Kier alpha value is -2.68. The maximum absolute atomic E-state index is 12.9. The van der Waals surface area contributed by atoms with Crippen molar-refractivity contribution in [2.75, 3.05) is 0 Å². The minimum Gasteiger partial charge on any atom is -0.459 e. The molecular formula is C22H26O9. The molecular weight excluding hydrogens is 408 g/mol. The number of fused-ring (bicyclic) bond motifs is 2. The van der Waals surface area contributed by atoms with Crippen molar-refractivity contribution in [3.8, 4) is 0 Å². The SMILES string of the molecule is C=C1C(=O)O[C@@H]2[C@H]3C(C)=C[C@H]4OC(=O)[C@H](C[C@@H](OC(=O)[C@](C)(O)[C@H](C)OC(C)=O)[C@@H]12)[C@@H]34. The van der Waals surface area contributed by atoms with Crippen LogP contribution in [0.25, 0.3) is 0 Å². The van der Waals surface area contributed by atoms with Crippen molar-refractivity contribution in [3.63, 3.8) is 0 Å². The van der Waals surface area contributed by atoms with E-state index in [1.807, 2.05) is 13.0 Å². The number of hydrogen-bond donors (Lipinski definition) is 1.